The highest BCUT2D eigenvalue weighted by Gasteiger charge is 2.12. The largest absolute Gasteiger partial charge is 0.491 e. The lowest BCUT2D eigenvalue weighted by Crippen LogP contribution is -2.07. The fourth-order valence-corrected chi connectivity index (χ4v) is 3.51. The van der Waals surface area contributed by atoms with E-state index in [-0.39, 0.29) is 11.4 Å². The van der Waals surface area contributed by atoms with Gasteiger partial charge < -0.3 is 4.74 Å². The van der Waals surface area contributed by atoms with Gasteiger partial charge in [0, 0.05) is 17.4 Å². The molecule has 4 aromatic rings. The predicted molar refractivity (Wildman–Crippen MR) is 107 cm³/mol. The average molecular weight is 417 g/mol. The Morgan fingerprint density at radius 2 is 1.93 bits per heavy atom. The van der Waals surface area contributed by atoms with Gasteiger partial charge in [-0.25, -0.2) is 18.9 Å². The zero-order chi connectivity index (χ0) is 19.5. The van der Waals surface area contributed by atoms with Gasteiger partial charge in [-0.2, -0.15) is 0 Å². The van der Waals surface area contributed by atoms with Gasteiger partial charge in [-0.1, -0.05) is 35.5 Å². The van der Waals surface area contributed by atoms with E-state index >= 15 is 0 Å². The number of nitrogens with one attached hydrogen (secondary N) is 1. The number of nitrogens with zero attached hydrogens (tertiary/aromatic N) is 3. The van der Waals surface area contributed by atoms with Crippen molar-refractivity contribution in [2.24, 2.45) is 0 Å². The SMILES string of the molecule is O=c1cc2nc(-c3ccc(F)cc3)nc(SCCOc3ccccc3Cl)n2[nH]1. The molecular formula is C19H14ClFN4O2S. The Kier molecular flexibility index (Phi) is 5.31. The third-order valence-electron chi connectivity index (χ3n) is 3.84. The summed E-state index contributed by atoms with van der Waals surface area (Å²) in [6, 6.07) is 14.5. The summed E-state index contributed by atoms with van der Waals surface area (Å²) in [5, 5.41) is 3.77. The van der Waals surface area contributed by atoms with Gasteiger partial charge in [0.25, 0.3) is 5.56 Å². The van der Waals surface area contributed by atoms with E-state index in [0.717, 1.165) is 0 Å². The minimum atomic E-state index is -0.339. The summed E-state index contributed by atoms with van der Waals surface area (Å²) in [5.74, 6) is 1.25. The second kappa shape index (κ2) is 8.04. The van der Waals surface area contributed by atoms with Crippen molar-refractivity contribution < 1.29 is 9.13 Å². The van der Waals surface area contributed by atoms with Crippen molar-refractivity contribution in [3.63, 3.8) is 0 Å². The number of para-hydroxylation sites is 1. The van der Waals surface area contributed by atoms with Crippen molar-refractivity contribution in [3.05, 3.63) is 75.8 Å². The van der Waals surface area contributed by atoms with Crippen LogP contribution in [0.1, 0.15) is 0 Å². The highest BCUT2D eigenvalue weighted by molar-refractivity contribution is 7.99. The Balaban J connectivity index is 1.56. The van der Waals surface area contributed by atoms with E-state index in [1.165, 1.54) is 34.5 Å². The van der Waals surface area contributed by atoms with Gasteiger partial charge in [-0.15, -0.1) is 0 Å². The number of thioether (sulfide) groups is 1. The van der Waals surface area contributed by atoms with Crippen molar-refractivity contribution in [1.29, 1.82) is 0 Å². The average Bonchev–Trinajstić information content (AvgIpc) is 3.07. The van der Waals surface area contributed by atoms with E-state index in [1.54, 1.807) is 24.3 Å². The van der Waals surface area contributed by atoms with Crippen LogP contribution in [-0.4, -0.2) is 31.9 Å². The number of fused-ring (bicyclic) bond motifs is 1. The summed E-state index contributed by atoms with van der Waals surface area (Å²) in [6.07, 6.45) is 0. The lowest BCUT2D eigenvalue weighted by molar-refractivity contribution is 0.344. The molecule has 0 bridgehead atoms. The van der Waals surface area contributed by atoms with E-state index in [2.05, 4.69) is 15.1 Å². The number of aromatic amines is 1. The van der Waals surface area contributed by atoms with Gasteiger partial charge in [-0.3, -0.25) is 9.89 Å². The highest BCUT2D eigenvalue weighted by Crippen LogP contribution is 2.25. The third kappa shape index (κ3) is 4.02. The molecule has 9 heteroatoms. The Bertz CT molecular complexity index is 1180. The van der Waals surface area contributed by atoms with E-state index < -0.39 is 0 Å². The molecule has 0 amide bonds. The van der Waals surface area contributed by atoms with Gasteiger partial charge in [0.15, 0.2) is 16.6 Å². The quantitative estimate of drug-likeness (QED) is 0.379. The van der Waals surface area contributed by atoms with Gasteiger partial charge >= 0.3 is 0 Å². The molecule has 2 heterocycles. The molecule has 6 nitrogen and oxygen atoms in total. The first-order chi connectivity index (χ1) is 13.6. The molecule has 0 spiro atoms. The Morgan fingerprint density at radius 3 is 2.71 bits per heavy atom. The van der Waals surface area contributed by atoms with Crippen LogP contribution in [0, 0.1) is 5.82 Å². The maximum atomic E-state index is 13.2. The number of rotatable bonds is 6. The van der Waals surface area contributed by atoms with Gasteiger partial charge in [0.05, 0.1) is 11.6 Å². The van der Waals surface area contributed by atoms with Crippen LogP contribution in [0.25, 0.3) is 17.0 Å². The first-order valence-corrected chi connectivity index (χ1v) is 9.72. The molecule has 142 valence electrons. The maximum absolute atomic E-state index is 13.2. The molecule has 0 radical (unpaired) electrons. The summed E-state index contributed by atoms with van der Waals surface area (Å²) >= 11 is 7.48. The molecule has 0 atom stereocenters. The van der Waals surface area contributed by atoms with Gasteiger partial charge in [0.2, 0.25) is 0 Å². The number of halogens is 2. The predicted octanol–water partition coefficient (Wildman–Crippen LogP) is 4.05. The van der Waals surface area contributed by atoms with Crippen LogP contribution in [0.5, 0.6) is 5.75 Å². The summed E-state index contributed by atoms with van der Waals surface area (Å²) in [7, 11) is 0. The molecule has 0 saturated carbocycles. The second-order valence-corrected chi connectivity index (χ2v) is 7.25. The summed E-state index contributed by atoms with van der Waals surface area (Å²) in [4.78, 5) is 20.6. The highest BCUT2D eigenvalue weighted by atomic mass is 35.5. The monoisotopic (exact) mass is 416 g/mol. The molecule has 2 aromatic carbocycles. The lowest BCUT2D eigenvalue weighted by atomic mass is 10.2. The Labute approximate surface area is 168 Å². The van der Waals surface area contributed by atoms with Crippen LogP contribution in [0.15, 0.2) is 64.5 Å². The topological polar surface area (TPSA) is 72.3 Å². The van der Waals surface area contributed by atoms with Crippen LogP contribution >= 0.6 is 23.4 Å². The first kappa shape index (κ1) is 18.5. The number of ether oxygens (including phenoxy) is 1. The second-order valence-electron chi connectivity index (χ2n) is 5.78. The van der Waals surface area contributed by atoms with Crippen molar-refractivity contribution in [2.75, 3.05) is 12.4 Å². The fourth-order valence-electron chi connectivity index (χ4n) is 2.55. The lowest BCUT2D eigenvalue weighted by Gasteiger charge is -2.09. The number of hydrogen-bond acceptors (Lipinski definition) is 5. The van der Waals surface area contributed by atoms with Crippen molar-refractivity contribution in [1.82, 2.24) is 19.6 Å². The number of aromatic nitrogens is 4. The smallest absolute Gasteiger partial charge is 0.266 e. The molecule has 2 aromatic heterocycles. The molecule has 0 unspecified atom stereocenters. The number of benzene rings is 2. The molecule has 0 fully saturated rings. The minimum absolute atomic E-state index is 0.278. The molecule has 4 rings (SSSR count). The number of H-pyrrole nitrogens is 1. The zero-order valence-electron chi connectivity index (χ0n) is 14.4. The van der Waals surface area contributed by atoms with Crippen molar-refractivity contribution in [2.45, 2.75) is 5.16 Å². The Hall–Kier alpha value is -2.84. The van der Waals surface area contributed by atoms with Crippen LogP contribution < -0.4 is 10.3 Å². The molecule has 0 aliphatic carbocycles. The summed E-state index contributed by atoms with van der Waals surface area (Å²) in [5.41, 5.74) is 0.820. The van der Waals surface area contributed by atoms with Gasteiger partial charge in [-0.05, 0) is 36.4 Å². The van der Waals surface area contributed by atoms with E-state index in [9.17, 15) is 9.18 Å². The van der Waals surface area contributed by atoms with Crippen LogP contribution in [0.3, 0.4) is 0 Å². The molecule has 1 N–H and O–H groups in total. The van der Waals surface area contributed by atoms with Crippen molar-refractivity contribution in [3.8, 4) is 17.1 Å². The maximum Gasteiger partial charge on any atom is 0.266 e. The van der Waals surface area contributed by atoms with Crippen molar-refractivity contribution >= 4 is 29.0 Å². The molecule has 0 saturated heterocycles. The molecule has 0 aliphatic rings. The third-order valence-corrected chi connectivity index (χ3v) is 5.05. The number of hydrogen-bond donors (Lipinski definition) is 1. The fraction of sp³-hybridized carbons (Fsp3) is 0.105. The first-order valence-electron chi connectivity index (χ1n) is 8.36. The normalized spacial score (nSPS) is 11.1. The van der Waals surface area contributed by atoms with E-state index in [4.69, 9.17) is 16.3 Å². The van der Waals surface area contributed by atoms with Crippen LogP contribution in [0.2, 0.25) is 5.02 Å². The molecule has 28 heavy (non-hydrogen) atoms. The van der Waals surface area contributed by atoms with Crippen LogP contribution in [-0.2, 0) is 0 Å². The molecular weight excluding hydrogens is 403 g/mol. The summed E-state index contributed by atoms with van der Waals surface area (Å²) in [6.45, 7) is 0.400. The summed E-state index contributed by atoms with van der Waals surface area (Å²) < 4.78 is 20.4. The van der Waals surface area contributed by atoms with E-state index in [1.807, 2.05) is 12.1 Å². The van der Waals surface area contributed by atoms with E-state index in [0.29, 0.717) is 45.3 Å². The zero-order valence-corrected chi connectivity index (χ0v) is 16.0. The Morgan fingerprint density at radius 1 is 1.14 bits per heavy atom. The minimum Gasteiger partial charge on any atom is -0.491 e. The van der Waals surface area contributed by atoms with Crippen LogP contribution in [0.4, 0.5) is 4.39 Å². The molecule has 0 aliphatic heterocycles. The standard InChI is InChI=1S/C19H14ClFN4O2S/c20-14-3-1-2-4-15(14)27-9-10-28-19-23-18(12-5-7-13(21)8-6-12)22-16-11-17(26)24-25(16)19/h1-8,11H,9-10H2,(H,24,26). The van der Waals surface area contributed by atoms with Gasteiger partial charge in [0.1, 0.15) is 11.6 Å².